The number of likely N-dealkylation sites (N-methyl/N-ethyl adjacent to an activating group) is 1. The van der Waals surface area contributed by atoms with Gasteiger partial charge in [-0.05, 0) is 32.4 Å². The molecule has 0 saturated carbocycles. The van der Waals surface area contributed by atoms with Gasteiger partial charge < -0.3 is 10.0 Å². The normalized spacial score (nSPS) is 10.2. The van der Waals surface area contributed by atoms with E-state index >= 15 is 0 Å². The third kappa shape index (κ3) is 3.58. The molecule has 4 heteroatoms. The van der Waals surface area contributed by atoms with Gasteiger partial charge in [0.15, 0.2) is 0 Å². The van der Waals surface area contributed by atoms with Crippen LogP contribution >= 0.6 is 0 Å². The lowest BCUT2D eigenvalue weighted by Gasteiger charge is -2.23. The lowest BCUT2D eigenvalue weighted by molar-refractivity contribution is 0.0696. The molecule has 98 valence electrons. The molecular formula is C14H20N2O2. The van der Waals surface area contributed by atoms with Gasteiger partial charge in [0.25, 0.3) is 0 Å². The predicted octanol–water partition coefficient (Wildman–Crippen LogP) is 2.74. The van der Waals surface area contributed by atoms with Gasteiger partial charge in [-0.2, -0.15) is 0 Å². The van der Waals surface area contributed by atoms with E-state index in [-0.39, 0.29) is 5.56 Å². The van der Waals surface area contributed by atoms with E-state index in [1.807, 2.05) is 25.7 Å². The van der Waals surface area contributed by atoms with E-state index in [0.717, 1.165) is 24.2 Å². The Balaban J connectivity index is 3.16. The van der Waals surface area contributed by atoms with E-state index in [1.54, 1.807) is 12.1 Å². The Hall–Kier alpha value is -1.84. The summed E-state index contributed by atoms with van der Waals surface area (Å²) in [7, 11) is 0. The number of aryl methyl sites for hydroxylation is 1. The van der Waals surface area contributed by atoms with Crippen molar-refractivity contribution in [3.63, 3.8) is 0 Å². The minimum absolute atomic E-state index is 0.289. The number of carboxylic acid groups (broad SMARTS) is 1. The van der Waals surface area contributed by atoms with Gasteiger partial charge >= 0.3 is 5.97 Å². The average molecular weight is 248 g/mol. The fourth-order valence-electron chi connectivity index (χ4n) is 1.72. The average Bonchev–Trinajstić information content (AvgIpc) is 2.34. The zero-order valence-electron chi connectivity index (χ0n) is 11.2. The minimum Gasteiger partial charge on any atom is -0.478 e. The van der Waals surface area contributed by atoms with Crippen LogP contribution in [-0.4, -0.2) is 29.1 Å². The number of anilines is 1. The lowest BCUT2D eigenvalue weighted by Crippen LogP contribution is -2.26. The molecule has 0 bridgehead atoms. The molecule has 1 aromatic heterocycles. The van der Waals surface area contributed by atoms with Crippen molar-refractivity contribution < 1.29 is 9.90 Å². The van der Waals surface area contributed by atoms with Crippen molar-refractivity contribution in [2.45, 2.75) is 27.2 Å². The van der Waals surface area contributed by atoms with E-state index in [9.17, 15) is 4.79 Å². The molecule has 1 rings (SSSR count). The molecule has 0 radical (unpaired) electrons. The van der Waals surface area contributed by atoms with E-state index in [4.69, 9.17) is 5.11 Å². The van der Waals surface area contributed by atoms with Gasteiger partial charge in [-0.25, -0.2) is 9.78 Å². The number of aromatic nitrogens is 1. The number of nitrogens with zero attached hydrogens (tertiary/aromatic N) is 2. The van der Waals surface area contributed by atoms with Crippen molar-refractivity contribution in [2.24, 2.45) is 0 Å². The van der Waals surface area contributed by atoms with Crippen LogP contribution in [0.15, 0.2) is 24.3 Å². The minimum atomic E-state index is -0.917. The maximum absolute atomic E-state index is 11.1. The molecule has 1 heterocycles. The van der Waals surface area contributed by atoms with E-state index in [0.29, 0.717) is 12.4 Å². The zero-order chi connectivity index (χ0) is 13.7. The monoisotopic (exact) mass is 248 g/mol. The molecule has 0 unspecified atom stereocenters. The molecule has 18 heavy (non-hydrogen) atoms. The van der Waals surface area contributed by atoms with E-state index < -0.39 is 5.97 Å². The molecule has 0 spiro atoms. The first-order valence-corrected chi connectivity index (χ1v) is 6.11. The van der Waals surface area contributed by atoms with Crippen LogP contribution in [0.1, 0.15) is 36.8 Å². The second-order valence-electron chi connectivity index (χ2n) is 4.34. The zero-order valence-corrected chi connectivity index (χ0v) is 11.2. The summed E-state index contributed by atoms with van der Waals surface area (Å²) in [5.41, 5.74) is 2.11. The maximum atomic E-state index is 11.1. The number of hydrogen-bond donors (Lipinski definition) is 1. The second-order valence-corrected chi connectivity index (χ2v) is 4.34. The highest BCUT2D eigenvalue weighted by atomic mass is 16.4. The van der Waals surface area contributed by atoms with Gasteiger partial charge in [0.1, 0.15) is 5.82 Å². The second kappa shape index (κ2) is 6.19. The van der Waals surface area contributed by atoms with Gasteiger partial charge in [-0.15, -0.1) is 0 Å². The van der Waals surface area contributed by atoms with Crippen LogP contribution in [-0.2, 0) is 6.42 Å². The van der Waals surface area contributed by atoms with Crippen molar-refractivity contribution in [3.05, 3.63) is 35.5 Å². The van der Waals surface area contributed by atoms with Gasteiger partial charge in [-0.1, -0.05) is 19.1 Å². The Morgan fingerprint density at radius 3 is 2.56 bits per heavy atom. The van der Waals surface area contributed by atoms with Crippen molar-refractivity contribution in [3.8, 4) is 0 Å². The number of carbonyl (C=O) groups is 1. The molecule has 0 aliphatic carbocycles. The van der Waals surface area contributed by atoms with Crippen molar-refractivity contribution in [1.82, 2.24) is 4.98 Å². The quantitative estimate of drug-likeness (QED) is 0.786. The molecular weight excluding hydrogens is 228 g/mol. The molecule has 0 aliphatic rings. The summed E-state index contributed by atoms with van der Waals surface area (Å²) in [6.07, 6.45) is 0.721. The molecule has 0 aromatic carbocycles. The van der Waals surface area contributed by atoms with Crippen molar-refractivity contribution in [2.75, 3.05) is 18.0 Å². The molecule has 0 aliphatic heterocycles. The first-order valence-electron chi connectivity index (χ1n) is 6.11. The lowest BCUT2D eigenvalue weighted by atomic mass is 10.2. The van der Waals surface area contributed by atoms with E-state index in [2.05, 4.69) is 11.6 Å². The highest BCUT2D eigenvalue weighted by molar-refractivity contribution is 5.88. The van der Waals surface area contributed by atoms with Crippen molar-refractivity contribution >= 4 is 11.8 Å². The Kier molecular flexibility index (Phi) is 4.89. The Morgan fingerprint density at radius 2 is 2.11 bits per heavy atom. The predicted molar refractivity (Wildman–Crippen MR) is 73.3 cm³/mol. The van der Waals surface area contributed by atoms with Gasteiger partial charge in [0.05, 0.1) is 5.56 Å². The summed E-state index contributed by atoms with van der Waals surface area (Å²) < 4.78 is 0. The fourth-order valence-corrected chi connectivity index (χ4v) is 1.72. The molecule has 0 amide bonds. The topological polar surface area (TPSA) is 53.4 Å². The third-order valence-electron chi connectivity index (χ3n) is 2.64. The Morgan fingerprint density at radius 1 is 1.44 bits per heavy atom. The van der Waals surface area contributed by atoms with Gasteiger partial charge in [0, 0.05) is 18.8 Å². The standard InChI is InChI=1S/C14H20N2O2/c1-5-12-7-11(14(17)18)8-13(15-12)16(6-2)9-10(3)4/h7-8H,3,5-6,9H2,1-2,4H3,(H,17,18). The van der Waals surface area contributed by atoms with Crippen LogP contribution in [0.4, 0.5) is 5.82 Å². The molecule has 0 saturated heterocycles. The largest absolute Gasteiger partial charge is 0.478 e. The third-order valence-corrected chi connectivity index (χ3v) is 2.64. The number of rotatable bonds is 6. The van der Waals surface area contributed by atoms with Crippen LogP contribution in [0.3, 0.4) is 0 Å². The first-order chi connectivity index (χ1) is 8.47. The fraction of sp³-hybridized carbons (Fsp3) is 0.429. The molecule has 0 atom stereocenters. The highest BCUT2D eigenvalue weighted by Crippen LogP contribution is 2.16. The van der Waals surface area contributed by atoms with E-state index in [1.165, 1.54) is 0 Å². The summed E-state index contributed by atoms with van der Waals surface area (Å²) in [6, 6.07) is 3.24. The summed E-state index contributed by atoms with van der Waals surface area (Å²) in [6.45, 7) is 11.3. The molecule has 4 nitrogen and oxygen atoms in total. The summed E-state index contributed by atoms with van der Waals surface area (Å²) in [5.74, 6) is -0.211. The SMILES string of the molecule is C=C(C)CN(CC)c1cc(C(=O)O)cc(CC)n1. The number of carboxylic acids is 1. The summed E-state index contributed by atoms with van der Waals surface area (Å²) in [4.78, 5) is 17.6. The van der Waals surface area contributed by atoms with Gasteiger partial charge in [-0.3, -0.25) is 0 Å². The number of hydrogen-bond acceptors (Lipinski definition) is 3. The summed E-state index contributed by atoms with van der Waals surface area (Å²) >= 11 is 0. The first kappa shape index (κ1) is 14.2. The Labute approximate surface area is 108 Å². The maximum Gasteiger partial charge on any atom is 0.335 e. The highest BCUT2D eigenvalue weighted by Gasteiger charge is 2.12. The number of aromatic carboxylic acids is 1. The smallest absolute Gasteiger partial charge is 0.335 e. The molecule has 1 N–H and O–H groups in total. The van der Waals surface area contributed by atoms with Gasteiger partial charge in [0.2, 0.25) is 0 Å². The van der Waals surface area contributed by atoms with Crippen LogP contribution in [0.5, 0.6) is 0 Å². The summed E-state index contributed by atoms with van der Waals surface area (Å²) in [5, 5.41) is 9.10. The Bertz CT molecular complexity index is 455. The van der Waals surface area contributed by atoms with Crippen molar-refractivity contribution in [1.29, 1.82) is 0 Å². The molecule has 1 aromatic rings. The number of pyridine rings is 1. The van der Waals surface area contributed by atoms with Crippen LogP contribution in [0.2, 0.25) is 0 Å². The molecule has 0 fully saturated rings. The van der Waals surface area contributed by atoms with Crippen LogP contribution in [0, 0.1) is 0 Å². The van der Waals surface area contributed by atoms with Crippen LogP contribution in [0.25, 0.3) is 0 Å². The van der Waals surface area contributed by atoms with Crippen LogP contribution < -0.4 is 4.90 Å².